The summed E-state index contributed by atoms with van der Waals surface area (Å²) in [6, 6.07) is 12.9. The zero-order chi connectivity index (χ0) is 18.1. The lowest BCUT2D eigenvalue weighted by atomic mass is 10.0. The Morgan fingerprint density at radius 1 is 1.32 bits per heavy atom. The number of rotatable bonds is 7. The summed E-state index contributed by atoms with van der Waals surface area (Å²) in [5.41, 5.74) is 8.26. The molecule has 0 bridgehead atoms. The van der Waals surface area contributed by atoms with Gasteiger partial charge in [0.15, 0.2) is 5.78 Å². The summed E-state index contributed by atoms with van der Waals surface area (Å²) >= 11 is 0. The van der Waals surface area contributed by atoms with Gasteiger partial charge in [-0.3, -0.25) is 9.78 Å². The van der Waals surface area contributed by atoms with Gasteiger partial charge in [-0.05, 0) is 29.7 Å². The molecular weight excluding hydrogens is 316 g/mol. The fourth-order valence-corrected chi connectivity index (χ4v) is 2.16. The molecule has 6 nitrogen and oxygen atoms in total. The highest BCUT2D eigenvalue weighted by Gasteiger charge is 2.09. The fourth-order valence-electron chi connectivity index (χ4n) is 2.16. The predicted octanol–water partition coefficient (Wildman–Crippen LogP) is 2.62. The number of nitrogens with two attached hydrogens (primary N) is 1. The Labute approximate surface area is 147 Å². The smallest absolute Gasteiger partial charge is 0.282 e. The molecule has 1 heterocycles. The average molecular weight is 336 g/mol. The predicted molar refractivity (Wildman–Crippen MR) is 95.0 cm³/mol. The molecule has 0 radical (unpaired) electrons. The van der Waals surface area contributed by atoms with Gasteiger partial charge in [0.2, 0.25) is 0 Å². The quantitative estimate of drug-likeness (QED) is 0.476. The molecule has 2 rings (SSSR count). The number of ketones is 1. The Morgan fingerprint density at radius 2 is 2.12 bits per heavy atom. The van der Waals surface area contributed by atoms with E-state index >= 15 is 0 Å². The number of carbonyl (C=O) groups excluding carboxylic acids is 1. The number of hydrogen-bond acceptors (Lipinski definition) is 5. The molecule has 0 amide bonds. The number of carbonyl (C=O) groups is 1. The summed E-state index contributed by atoms with van der Waals surface area (Å²) < 4.78 is 5.23. The average Bonchev–Trinajstić information content (AvgIpc) is 2.65. The maximum Gasteiger partial charge on any atom is 0.282 e. The first-order chi connectivity index (χ1) is 12.1. The van der Waals surface area contributed by atoms with E-state index in [2.05, 4.69) is 9.98 Å². The van der Waals surface area contributed by atoms with Gasteiger partial charge in [0.05, 0.1) is 18.7 Å². The third-order valence-electron chi connectivity index (χ3n) is 3.41. The molecule has 0 atom stereocenters. The number of amidine groups is 1. The summed E-state index contributed by atoms with van der Waals surface area (Å²) in [5.74, 6) is -0.101. The van der Waals surface area contributed by atoms with Crippen LogP contribution in [0.2, 0.25) is 0 Å². The van der Waals surface area contributed by atoms with E-state index < -0.39 is 0 Å². The Bertz CT molecular complexity index is 792. The first-order valence-electron chi connectivity index (χ1n) is 8.02. The molecule has 0 aliphatic heterocycles. The van der Waals surface area contributed by atoms with Gasteiger partial charge < -0.3 is 10.5 Å². The maximum absolute atomic E-state index is 12.3. The third kappa shape index (κ3) is 5.74. The Kier molecular flexibility index (Phi) is 6.66. The van der Waals surface area contributed by atoms with Crippen molar-refractivity contribution in [2.24, 2.45) is 10.7 Å². The molecule has 25 heavy (non-hydrogen) atoms. The topological polar surface area (TPSA) is 101 Å². The molecular formula is C19H20N4O2. The van der Waals surface area contributed by atoms with Crippen molar-refractivity contribution in [3.63, 3.8) is 0 Å². The monoisotopic (exact) mass is 336 g/mol. The number of nitrogens with zero attached hydrogens (tertiary/aromatic N) is 3. The number of nitriles is 1. The maximum atomic E-state index is 12.3. The van der Waals surface area contributed by atoms with Crippen molar-refractivity contribution in [2.45, 2.75) is 26.3 Å². The number of benzene rings is 1. The van der Waals surface area contributed by atoms with Crippen LogP contribution in [0.15, 0.2) is 47.6 Å². The van der Waals surface area contributed by atoms with E-state index in [1.54, 1.807) is 12.1 Å². The second-order valence-corrected chi connectivity index (χ2v) is 5.47. The van der Waals surface area contributed by atoms with Crippen LogP contribution in [0.25, 0.3) is 0 Å². The molecule has 0 fully saturated rings. The molecule has 128 valence electrons. The van der Waals surface area contributed by atoms with Gasteiger partial charge in [-0.25, -0.2) is 4.99 Å². The van der Waals surface area contributed by atoms with E-state index in [9.17, 15) is 4.79 Å². The summed E-state index contributed by atoms with van der Waals surface area (Å²) in [4.78, 5) is 20.5. The van der Waals surface area contributed by atoms with Gasteiger partial charge in [-0.15, -0.1) is 0 Å². The second kappa shape index (κ2) is 9.18. The van der Waals surface area contributed by atoms with E-state index in [0.717, 1.165) is 17.5 Å². The minimum atomic E-state index is -0.101. The van der Waals surface area contributed by atoms with Crippen LogP contribution in [0.1, 0.15) is 40.5 Å². The van der Waals surface area contributed by atoms with Gasteiger partial charge in [-0.1, -0.05) is 31.2 Å². The van der Waals surface area contributed by atoms with E-state index in [-0.39, 0.29) is 18.2 Å². The summed E-state index contributed by atoms with van der Waals surface area (Å²) in [6.07, 6.45) is 2.51. The highest BCUT2D eigenvalue weighted by Crippen LogP contribution is 2.10. The van der Waals surface area contributed by atoms with E-state index in [1.165, 1.54) is 6.20 Å². The van der Waals surface area contributed by atoms with Crippen LogP contribution < -0.4 is 5.73 Å². The normalized spacial score (nSPS) is 11.0. The Hall–Kier alpha value is -3.20. The van der Waals surface area contributed by atoms with E-state index in [0.29, 0.717) is 24.4 Å². The Balaban J connectivity index is 2.00. The number of Topliss-reactive ketones (excluding diaryl/α,β-unsaturated/α-hetero) is 1. The zero-order valence-corrected chi connectivity index (χ0v) is 14.1. The molecule has 0 saturated carbocycles. The van der Waals surface area contributed by atoms with Gasteiger partial charge in [0, 0.05) is 12.6 Å². The number of aliphatic imine (C=N–C) groups is 1. The minimum Gasteiger partial charge on any atom is -0.465 e. The first kappa shape index (κ1) is 18.1. The molecule has 0 saturated heterocycles. The van der Waals surface area contributed by atoms with Gasteiger partial charge in [-0.2, -0.15) is 5.26 Å². The Morgan fingerprint density at radius 3 is 2.80 bits per heavy atom. The minimum absolute atomic E-state index is 0.101. The van der Waals surface area contributed by atoms with Gasteiger partial charge >= 0.3 is 0 Å². The van der Waals surface area contributed by atoms with Crippen molar-refractivity contribution in [3.05, 3.63) is 65.0 Å². The molecule has 2 N–H and O–H groups in total. The van der Waals surface area contributed by atoms with Crippen LogP contribution >= 0.6 is 0 Å². The molecule has 0 spiro atoms. The molecule has 0 unspecified atom stereocenters. The van der Waals surface area contributed by atoms with Crippen LogP contribution in [-0.2, 0) is 17.7 Å². The van der Waals surface area contributed by atoms with Crippen molar-refractivity contribution in [2.75, 3.05) is 6.61 Å². The molecule has 2 aromatic rings. The number of pyridine rings is 1. The lowest BCUT2D eigenvalue weighted by Gasteiger charge is -2.05. The first-order valence-corrected chi connectivity index (χ1v) is 8.02. The SMILES string of the molecule is CCCOC(N)=NCc1cccc(CC(=O)c2ccc(C#N)cn2)c1. The molecule has 1 aromatic carbocycles. The highest BCUT2D eigenvalue weighted by atomic mass is 16.5. The van der Waals surface area contributed by atoms with Gasteiger partial charge in [0.25, 0.3) is 6.02 Å². The lowest BCUT2D eigenvalue weighted by molar-refractivity contribution is 0.0988. The van der Waals surface area contributed by atoms with Crippen LogP contribution in [0, 0.1) is 11.3 Å². The summed E-state index contributed by atoms with van der Waals surface area (Å²) in [6.45, 7) is 2.94. The molecule has 6 heteroatoms. The van der Waals surface area contributed by atoms with Crippen molar-refractivity contribution in [1.82, 2.24) is 4.98 Å². The van der Waals surface area contributed by atoms with Crippen molar-refractivity contribution in [3.8, 4) is 6.07 Å². The standard InChI is InChI=1S/C19H20N4O2/c1-2-8-25-19(21)23-12-15-5-3-4-14(9-15)10-18(24)17-7-6-16(11-20)13-22-17/h3-7,9,13H,2,8,10,12H2,1H3,(H2,21,23). The molecule has 0 aliphatic carbocycles. The third-order valence-corrected chi connectivity index (χ3v) is 3.41. The summed E-state index contributed by atoms with van der Waals surface area (Å²) in [7, 11) is 0. The highest BCUT2D eigenvalue weighted by molar-refractivity contribution is 5.95. The van der Waals surface area contributed by atoms with Crippen molar-refractivity contribution in [1.29, 1.82) is 5.26 Å². The number of aromatic nitrogens is 1. The zero-order valence-electron chi connectivity index (χ0n) is 14.1. The fraction of sp³-hybridized carbons (Fsp3) is 0.263. The largest absolute Gasteiger partial charge is 0.465 e. The number of hydrogen-bond donors (Lipinski definition) is 1. The van der Waals surface area contributed by atoms with E-state index in [1.807, 2.05) is 37.3 Å². The molecule has 1 aromatic heterocycles. The van der Waals surface area contributed by atoms with Gasteiger partial charge in [0.1, 0.15) is 11.8 Å². The summed E-state index contributed by atoms with van der Waals surface area (Å²) in [5, 5.41) is 8.77. The van der Waals surface area contributed by atoms with Crippen LogP contribution in [-0.4, -0.2) is 23.4 Å². The van der Waals surface area contributed by atoms with Crippen LogP contribution in [0.3, 0.4) is 0 Å². The molecule has 0 aliphatic rings. The van der Waals surface area contributed by atoms with Crippen molar-refractivity contribution >= 4 is 11.8 Å². The lowest BCUT2D eigenvalue weighted by Crippen LogP contribution is -2.16. The van der Waals surface area contributed by atoms with E-state index in [4.69, 9.17) is 15.7 Å². The van der Waals surface area contributed by atoms with Crippen LogP contribution in [0.5, 0.6) is 0 Å². The number of ether oxygens (including phenoxy) is 1. The second-order valence-electron chi connectivity index (χ2n) is 5.47. The van der Waals surface area contributed by atoms with Crippen LogP contribution in [0.4, 0.5) is 0 Å². The van der Waals surface area contributed by atoms with Crippen molar-refractivity contribution < 1.29 is 9.53 Å².